The lowest BCUT2D eigenvalue weighted by Gasteiger charge is -2.27. The highest BCUT2D eigenvalue weighted by Gasteiger charge is 2.37. The number of carbonyl (C=O) groups excluding carboxylic acids is 1. The van der Waals surface area contributed by atoms with Crippen LogP contribution in [0.3, 0.4) is 0 Å². The number of ether oxygens (including phenoxy) is 1. The van der Waals surface area contributed by atoms with Gasteiger partial charge in [-0.2, -0.15) is 0 Å². The molecule has 0 unspecified atom stereocenters. The predicted molar refractivity (Wildman–Crippen MR) is 99.1 cm³/mol. The summed E-state index contributed by atoms with van der Waals surface area (Å²) in [6, 6.07) is 12.2. The first-order chi connectivity index (χ1) is 12.9. The van der Waals surface area contributed by atoms with E-state index in [2.05, 4.69) is 4.90 Å². The second-order valence-corrected chi connectivity index (χ2v) is 6.91. The van der Waals surface area contributed by atoms with Gasteiger partial charge in [-0.1, -0.05) is 18.2 Å². The fourth-order valence-corrected chi connectivity index (χ4v) is 3.69. The summed E-state index contributed by atoms with van der Waals surface area (Å²) in [4.78, 5) is 16.6. The van der Waals surface area contributed by atoms with E-state index in [4.69, 9.17) is 12.6 Å². The number of hydrogen-bond donors (Lipinski definition) is 0. The molecule has 138 valence electrons. The number of morpholine rings is 1. The van der Waals surface area contributed by atoms with Gasteiger partial charge in [0.2, 0.25) is 5.82 Å². The molecule has 0 spiro atoms. The minimum absolute atomic E-state index is 0.0954. The molecule has 0 N–H and O–H groups in total. The molecular weight excluding hydrogens is 349 g/mol. The Morgan fingerprint density at radius 3 is 2.48 bits per heavy atom. The summed E-state index contributed by atoms with van der Waals surface area (Å²) >= 11 is 0. The zero-order chi connectivity index (χ0) is 19.0. The molecule has 0 aliphatic carbocycles. The first kappa shape index (κ1) is 18.1. The molecule has 2 radical (unpaired) electrons. The van der Waals surface area contributed by atoms with E-state index >= 15 is 0 Å². The third kappa shape index (κ3) is 3.62. The minimum Gasteiger partial charge on any atom is -0.379 e. The van der Waals surface area contributed by atoms with Crippen LogP contribution in [0.1, 0.15) is 27.0 Å². The van der Waals surface area contributed by atoms with Crippen LogP contribution in [-0.2, 0) is 23.6 Å². The quantitative estimate of drug-likeness (QED) is 0.779. The fraction of sp³-hybridized carbons (Fsp3) is 0.350. The molecule has 27 heavy (non-hydrogen) atoms. The Hall–Kier alpha value is -2.25. The van der Waals surface area contributed by atoms with Crippen molar-refractivity contribution >= 4 is 19.4 Å². The monoisotopic (exact) mass is 368 g/mol. The fourth-order valence-electron chi connectivity index (χ4n) is 3.69. The van der Waals surface area contributed by atoms with Crippen molar-refractivity contribution in [3.05, 3.63) is 64.7 Å². The van der Waals surface area contributed by atoms with Crippen LogP contribution in [0.15, 0.2) is 42.5 Å². The Bertz CT molecular complexity index is 849. The largest absolute Gasteiger partial charge is 0.379 e. The normalized spacial score (nSPS) is 18.0. The molecule has 0 atom stereocenters. The molecule has 2 heterocycles. The van der Waals surface area contributed by atoms with Crippen LogP contribution in [0.2, 0.25) is 0 Å². The van der Waals surface area contributed by atoms with Crippen LogP contribution in [0.4, 0.5) is 14.5 Å². The summed E-state index contributed by atoms with van der Waals surface area (Å²) in [6.07, 6.45) is 0. The molecule has 0 saturated carbocycles. The first-order valence-electron chi connectivity index (χ1n) is 8.93. The van der Waals surface area contributed by atoms with Crippen LogP contribution in [0, 0.1) is 0 Å². The van der Waals surface area contributed by atoms with Crippen molar-refractivity contribution in [2.45, 2.75) is 18.9 Å². The molecule has 0 aromatic heterocycles. The molecular formula is C20H19BF2N2O2. The van der Waals surface area contributed by atoms with Crippen LogP contribution in [0.5, 0.6) is 0 Å². The van der Waals surface area contributed by atoms with Crippen molar-refractivity contribution in [2.75, 3.05) is 31.2 Å². The number of halogens is 2. The number of hydrogen-bond acceptors (Lipinski definition) is 3. The van der Waals surface area contributed by atoms with E-state index in [9.17, 15) is 13.6 Å². The Morgan fingerprint density at radius 2 is 1.81 bits per heavy atom. The van der Waals surface area contributed by atoms with E-state index in [1.807, 2.05) is 18.2 Å². The van der Waals surface area contributed by atoms with Gasteiger partial charge >= 0.3 is 0 Å². The molecule has 2 aliphatic heterocycles. The minimum atomic E-state index is -3.50. The third-order valence-corrected chi connectivity index (χ3v) is 5.04. The van der Waals surface area contributed by atoms with Gasteiger partial charge < -0.3 is 9.64 Å². The zero-order valence-corrected chi connectivity index (χ0v) is 14.8. The lowest BCUT2D eigenvalue weighted by atomic mass is 9.85. The Morgan fingerprint density at radius 1 is 1.11 bits per heavy atom. The topological polar surface area (TPSA) is 32.8 Å². The number of benzene rings is 2. The second kappa shape index (κ2) is 7.05. The van der Waals surface area contributed by atoms with Crippen molar-refractivity contribution in [1.29, 1.82) is 0 Å². The summed E-state index contributed by atoms with van der Waals surface area (Å²) in [6.45, 7) is 3.28. The molecule has 0 bridgehead atoms. The Labute approximate surface area is 158 Å². The number of alkyl halides is 2. The van der Waals surface area contributed by atoms with Gasteiger partial charge in [-0.25, -0.2) is 8.78 Å². The van der Waals surface area contributed by atoms with Crippen molar-refractivity contribution < 1.29 is 18.3 Å². The van der Waals surface area contributed by atoms with Gasteiger partial charge in [-0.05, 0) is 35.4 Å². The molecule has 2 aromatic rings. The molecule has 2 aliphatic rings. The van der Waals surface area contributed by atoms with Gasteiger partial charge in [-0.3, -0.25) is 9.69 Å². The number of anilines is 1. The van der Waals surface area contributed by atoms with Gasteiger partial charge in [-0.15, -0.1) is 0 Å². The first-order valence-corrected chi connectivity index (χ1v) is 8.93. The summed E-state index contributed by atoms with van der Waals surface area (Å²) < 4.78 is 33.6. The van der Waals surface area contributed by atoms with Gasteiger partial charge in [0.05, 0.1) is 19.8 Å². The molecule has 1 saturated heterocycles. The van der Waals surface area contributed by atoms with E-state index in [0.717, 1.165) is 13.1 Å². The maximum Gasteiger partial charge on any atom is 0.258 e. The van der Waals surface area contributed by atoms with Crippen LogP contribution >= 0.6 is 0 Å². The lowest BCUT2D eigenvalue weighted by molar-refractivity contribution is 0.0340. The SMILES string of the molecule is [B]C(F)(F)c1cc(CN2CCOCC2)cc2c1CN(c1ccccc1)C2=O. The van der Waals surface area contributed by atoms with Gasteiger partial charge in [0.25, 0.3) is 5.91 Å². The highest BCUT2D eigenvalue weighted by Crippen LogP contribution is 2.37. The molecule has 4 rings (SSSR count). The molecule has 7 heteroatoms. The number of fused-ring (bicyclic) bond motifs is 1. The summed E-state index contributed by atoms with van der Waals surface area (Å²) in [5.74, 6) is -3.77. The second-order valence-electron chi connectivity index (χ2n) is 6.91. The van der Waals surface area contributed by atoms with Crippen LogP contribution < -0.4 is 4.90 Å². The van der Waals surface area contributed by atoms with E-state index in [-0.39, 0.29) is 18.0 Å². The molecule has 1 amide bonds. The van der Waals surface area contributed by atoms with Crippen molar-refractivity contribution in [3.63, 3.8) is 0 Å². The van der Waals surface area contributed by atoms with Crippen LogP contribution in [-0.4, -0.2) is 45.0 Å². The van der Waals surface area contributed by atoms with Crippen molar-refractivity contribution in [1.82, 2.24) is 4.90 Å². The number of nitrogens with zero attached hydrogens (tertiary/aromatic N) is 2. The maximum atomic E-state index is 14.1. The summed E-state index contributed by atoms with van der Waals surface area (Å²) in [7, 11) is 5.16. The van der Waals surface area contributed by atoms with E-state index < -0.39 is 5.82 Å². The predicted octanol–water partition coefficient (Wildman–Crippen LogP) is 2.90. The number of rotatable bonds is 4. The van der Waals surface area contributed by atoms with Gasteiger partial charge in [0.15, 0.2) is 7.85 Å². The summed E-state index contributed by atoms with van der Waals surface area (Å²) in [5.41, 5.74) is 1.70. The number of amides is 1. The standard InChI is InChI=1S/C20H19BF2N2O2/c21-20(22,23)18-11-14(12-24-6-8-27-9-7-24)10-16-17(18)13-25(19(16)26)15-4-2-1-3-5-15/h1-5,10-11H,6-9,12-13H2. The third-order valence-electron chi connectivity index (χ3n) is 5.04. The van der Waals surface area contributed by atoms with Crippen LogP contribution in [0.25, 0.3) is 0 Å². The van der Waals surface area contributed by atoms with E-state index in [1.54, 1.807) is 18.2 Å². The lowest BCUT2D eigenvalue weighted by Crippen LogP contribution is -2.35. The van der Waals surface area contributed by atoms with Gasteiger partial charge in [0.1, 0.15) is 0 Å². The van der Waals surface area contributed by atoms with Crippen molar-refractivity contribution in [3.8, 4) is 0 Å². The molecule has 4 nitrogen and oxygen atoms in total. The smallest absolute Gasteiger partial charge is 0.258 e. The number of para-hydroxylation sites is 1. The number of carbonyl (C=O) groups is 1. The highest BCUT2D eigenvalue weighted by atomic mass is 19.3. The Kier molecular flexibility index (Phi) is 4.74. The summed E-state index contributed by atoms with van der Waals surface area (Å²) in [5, 5.41) is 0. The van der Waals surface area contributed by atoms with E-state index in [1.165, 1.54) is 11.0 Å². The van der Waals surface area contributed by atoms with Crippen molar-refractivity contribution in [2.24, 2.45) is 0 Å². The van der Waals surface area contributed by atoms with E-state index in [0.29, 0.717) is 42.1 Å². The molecule has 1 fully saturated rings. The molecule has 2 aromatic carbocycles. The average molecular weight is 368 g/mol. The highest BCUT2D eigenvalue weighted by molar-refractivity contribution is 6.15. The Balaban J connectivity index is 1.71. The van der Waals surface area contributed by atoms with Gasteiger partial charge in [0, 0.05) is 36.4 Å². The average Bonchev–Trinajstić information content (AvgIpc) is 2.99. The maximum absolute atomic E-state index is 14.1. The zero-order valence-electron chi connectivity index (χ0n) is 14.8.